The van der Waals surface area contributed by atoms with Crippen molar-refractivity contribution in [2.45, 2.75) is 0 Å². The number of methoxy groups -OCH3 is 1. The normalized spacial score (nSPS) is 10.7. The third-order valence-electron chi connectivity index (χ3n) is 2.47. The molecule has 1 N–H and O–H groups in total. The number of para-hydroxylation sites is 1. The fourth-order valence-corrected chi connectivity index (χ4v) is 1.92. The molecule has 0 aromatic heterocycles. The highest BCUT2D eigenvalue weighted by Gasteiger charge is 2.10. The Hall–Kier alpha value is -1.88. The third-order valence-corrected chi connectivity index (χ3v) is 3.16. The number of nitrogens with one attached hydrogen (secondary N) is 1. The van der Waals surface area contributed by atoms with Gasteiger partial charge in [-0.05, 0) is 24.3 Å². The van der Waals surface area contributed by atoms with E-state index in [4.69, 9.17) is 4.74 Å². The summed E-state index contributed by atoms with van der Waals surface area (Å²) in [7, 11) is 1.43. The van der Waals surface area contributed by atoms with Crippen molar-refractivity contribution in [1.82, 2.24) is 0 Å². The Morgan fingerprint density at radius 2 is 1.95 bits per heavy atom. The van der Waals surface area contributed by atoms with E-state index in [1.54, 1.807) is 12.1 Å². The highest BCUT2D eigenvalue weighted by atomic mass is 79.9. The summed E-state index contributed by atoms with van der Waals surface area (Å²) in [6.07, 6.45) is 1.41. The molecule has 2 aromatic rings. The molecule has 0 fully saturated rings. The molecular formula is C14H12BrFN2O. The second-order valence-corrected chi connectivity index (χ2v) is 4.57. The van der Waals surface area contributed by atoms with E-state index in [0.717, 1.165) is 5.69 Å². The first kappa shape index (κ1) is 13.5. The Labute approximate surface area is 119 Å². The van der Waals surface area contributed by atoms with Crippen LogP contribution in [0.2, 0.25) is 0 Å². The highest BCUT2D eigenvalue weighted by molar-refractivity contribution is 9.10. The number of rotatable bonds is 4. The van der Waals surface area contributed by atoms with E-state index in [1.165, 1.54) is 13.3 Å². The third kappa shape index (κ3) is 3.32. The van der Waals surface area contributed by atoms with Crippen molar-refractivity contribution in [3.05, 3.63) is 58.3 Å². The summed E-state index contributed by atoms with van der Waals surface area (Å²) in [6, 6.07) is 12.7. The van der Waals surface area contributed by atoms with E-state index in [0.29, 0.717) is 10.0 Å². The van der Waals surface area contributed by atoms with E-state index >= 15 is 0 Å². The maximum Gasteiger partial charge on any atom is 0.174 e. The van der Waals surface area contributed by atoms with Gasteiger partial charge in [0.25, 0.3) is 0 Å². The van der Waals surface area contributed by atoms with Crippen molar-refractivity contribution >= 4 is 27.8 Å². The molecule has 0 aliphatic rings. The van der Waals surface area contributed by atoms with Crippen molar-refractivity contribution in [2.75, 3.05) is 12.5 Å². The van der Waals surface area contributed by atoms with Crippen LogP contribution in [-0.2, 0) is 0 Å². The average Bonchev–Trinajstić information content (AvgIpc) is 2.44. The fourth-order valence-electron chi connectivity index (χ4n) is 1.51. The summed E-state index contributed by atoms with van der Waals surface area (Å²) in [5.41, 5.74) is 3.99. The lowest BCUT2D eigenvalue weighted by Gasteiger charge is -2.06. The lowest BCUT2D eigenvalue weighted by molar-refractivity contribution is 0.386. The molecule has 0 saturated heterocycles. The van der Waals surface area contributed by atoms with Gasteiger partial charge in [0.1, 0.15) is 0 Å². The number of nitrogens with zero attached hydrogens (tertiary/aromatic N) is 1. The zero-order chi connectivity index (χ0) is 13.7. The van der Waals surface area contributed by atoms with E-state index in [9.17, 15) is 4.39 Å². The minimum absolute atomic E-state index is 0.185. The van der Waals surface area contributed by atoms with Crippen LogP contribution in [0.15, 0.2) is 52.0 Å². The van der Waals surface area contributed by atoms with Crippen molar-refractivity contribution < 1.29 is 9.13 Å². The van der Waals surface area contributed by atoms with Gasteiger partial charge in [0.2, 0.25) is 0 Å². The molecule has 0 saturated carbocycles. The zero-order valence-corrected chi connectivity index (χ0v) is 11.8. The average molecular weight is 323 g/mol. The lowest BCUT2D eigenvalue weighted by Crippen LogP contribution is -1.97. The van der Waals surface area contributed by atoms with Gasteiger partial charge in [0.05, 0.1) is 19.0 Å². The van der Waals surface area contributed by atoms with Crippen LogP contribution in [0.25, 0.3) is 0 Å². The standard InChI is InChI=1S/C14H12BrFN2O/c1-19-13-8-7-12(15)11(14(13)16)9-17-18-10-5-3-2-4-6-10/h2-9,18H,1H3. The Morgan fingerprint density at radius 3 is 2.63 bits per heavy atom. The molecule has 19 heavy (non-hydrogen) atoms. The van der Waals surface area contributed by atoms with Gasteiger partial charge in [-0.25, -0.2) is 4.39 Å². The molecular weight excluding hydrogens is 311 g/mol. The smallest absolute Gasteiger partial charge is 0.174 e. The Kier molecular flexibility index (Phi) is 4.52. The maximum atomic E-state index is 14.0. The summed E-state index contributed by atoms with van der Waals surface area (Å²) < 4.78 is 19.5. The molecule has 0 aliphatic carbocycles. The first-order valence-electron chi connectivity index (χ1n) is 5.58. The van der Waals surface area contributed by atoms with Crippen LogP contribution in [-0.4, -0.2) is 13.3 Å². The van der Waals surface area contributed by atoms with Crippen LogP contribution in [0.4, 0.5) is 10.1 Å². The molecule has 3 nitrogen and oxygen atoms in total. The van der Waals surface area contributed by atoms with E-state index in [-0.39, 0.29) is 5.75 Å². The van der Waals surface area contributed by atoms with Gasteiger partial charge < -0.3 is 4.74 Å². The molecule has 0 unspecified atom stereocenters. The number of halogens is 2. The van der Waals surface area contributed by atoms with Gasteiger partial charge in [0.15, 0.2) is 11.6 Å². The van der Waals surface area contributed by atoms with Gasteiger partial charge in [-0.1, -0.05) is 34.1 Å². The van der Waals surface area contributed by atoms with Crippen LogP contribution in [0.5, 0.6) is 5.75 Å². The van der Waals surface area contributed by atoms with Gasteiger partial charge in [-0.3, -0.25) is 5.43 Å². The number of ether oxygens (including phenoxy) is 1. The largest absolute Gasteiger partial charge is 0.494 e. The van der Waals surface area contributed by atoms with Crippen LogP contribution < -0.4 is 10.2 Å². The van der Waals surface area contributed by atoms with E-state index in [1.807, 2.05) is 30.3 Å². The van der Waals surface area contributed by atoms with Crippen LogP contribution in [0.1, 0.15) is 5.56 Å². The molecule has 5 heteroatoms. The molecule has 0 spiro atoms. The minimum atomic E-state index is -0.449. The predicted octanol–water partition coefficient (Wildman–Crippen LogP) is 4.04. The summed E-state index contributed by atoms with van der Waals surface area (Å²) in [6.45, 7) is 0. The van der Waals surface area contributed by atoms with Gasteiger partial charge in [0, 0.05) is 10.0 Å². The molecule has 2 rings (SSSR count). The summed E-state index contributed by atoms with van der Waals surface area (Å²) in [5, 5.41) is 4.01. The molecule has 2 aromatic carbocycles. The number of hydrogen-bond donors (Lipinski definition) is 1. The fraction of sp³-hybridized carbons (Fsp3) is 0.0714. The molecule has 0 bridgehead atoms. The highest BCUT2D eigenvalue weighted by Crippen LogP contribution is 2.26. The van der Waals surface area contributed by atoms with Crippen molar-refractivity contribution in [3.8, 4) is 5.75 Å². The summed E-state index contributed by atoms with van der Waals surface area (Å²) in [4.78, 5) is 0. The lowest BCUT2D eigenvalue weighted by atomic mass is 10.2. The van der Waals surface area contributed by atoms with Gasteiger partial charge in [-0.2, -0.15) is 5.10 Å². The minimum Gasteiger partial charge on any atom is -0.494 e. The first-order chi connectivity index (χ1) is 9.22. The SMILES string of the molecule is COc1ccc(Br)c(C=NNc2ccccc2)c1F. The molecule has 98 valence electrons. The van der Waals surface area contributed by atoms with Gasteiger partial charge >= 0.3 is 0 Å². The molecule has 0 amide bonds. The van der Waals surface area contributed by atoms with Crippen molar-refractivity contribution in [3.63, 3.8) is 0 Å². The van der Waals surface area contributed by atoms with Crippen LogP contribution >= 0.6 is 15.9 Å². The zero-order valence-electron chi connectivity index (χ0n) is 10.2. The Bertz CT molecular complexity index is 587. The van der Waals surface area contributed by atoms with Crippen LogP contribution in [0.3, 0.4) is 0 Å². The quantitative estimate of drug-likeness (QED) is 0.680. The van der Waals surface area contributed by atoms with E-state index in [2.05, 4.69) is 26.5 Å². The van der Waals surface area contributed by atoms with Crippen molar-refractivity contribution in [1.29, 1.82) is 0 Å². The summed E-state index contributed by atoms with van der Waals surface area (Å²) >= 11 is 3.28. The predicted molar refractivity (Wildman–Crippen MR) is 78.3 cm³/mol. The molecule has 0 radical (unpaired) electrons. The molecule has 0 heterocycles. The van der Waals surface area contributed by atoms with Gasteiger partial charge in [-0.15, -0.1) is 0 Å². The Morgan fingerprint density at radius 1 is 1.21 bits per heavy atom. The molecule has 0 atom stereocenters. The second kappa shape index (κ2) is 6.33. The second-order valence-electron chi connectivity index (χ2n) is 3.71. The molecule has 0 aliphatic heterocycles. The first-order valence-corrected chi connectivity index (χ1v) is 6.38. The monoisotopic (exact) mass is 322 g/mol. The number of anilines is 1. The Balaban J connectivity index is 2.19. The number of hydrogen-bond acceptors (Lipinski definition) is 3. The van der Waals surface area contributed by atoms with Crippen LogP contribution in [0, 0.1) is 5.82 Å². The topological polar surface area (TPSA) is 33.6 Å². The van der Waals surface area contributed by atoms with E-state index < -0.39 is 5.82 Å². The number of hydrazone groups is 1. The maximum absolute atomic E-state index is 14.0. The number of benzene rings is 2. The van der Waals surface area contributed by atoms with Crippen molar-refractivity contribution in [2.24, 2.45) is 5.10 Å². The summed E-state index contributed by atoms with van der Waals surface area (Å²) in [5.74, 6) is -0.264.